The predicted molar refractivity (Wildman–Crippen MR) is 102 cm³/mol. The monoisotopic (exact) mass is 330 g/mol. The van der Waals surface area contributed by atoms with Gasteiger partial charge in [-0.3, -0.25) is 0 Å². The van der Waals surface area contributed by atoms with Crippen molar-refractivity contribution in [1.82, 2.24) is 9.55 Å². The molecular formula is C21H15ClN2. The summed E-state index contributed by atoms with van der Waals surface area (Å²) in [6.45, 7) is 0.822. The van der Waals surface area contributed by atoms with Crippen LogP contribution in [0.1, 0.15) is 5.56 Å². The van der Waals surface area contributed by atoms with Crippen LogP contribution in [0.2, 0.25) is 5.02 Å². The maximum atomic E-state index is 6.28. The van der Waals surface area contributed by atoms with Crippen molar-refractivity contribution < 1.29 is 0 Å². The van der Waals surface area contributed by atoms with Crippen molar-refractivity contribution in [1.29, 1.82) is 0 Å². The summed E-state index contributed by atoms with van der Waals surface area (Å²) in [7, 11) is 0. The zero-order chi connectivity index (χ0) is 16.1. The first-order valence-electron chi connectivity index (χ1n) is 8.03. The first kappa shape index (κ1) is 13.7. The summed E-state index contributed by atoms with van der Waals surface area (Å²) < 4.78 is 2.37. The van der Waals surface area contributed by atoms with Gasteiger partial charge < -0.3 is 9.55 Å². The van der Waals surface area contributed by atoms with E-state index in [1.54, 1.807) is 0 Å². The summed E-state index contributed by atoms with van der Waals surface area (Å²) >= 11 is 6.28. The Bertz CT molecular complexity index is 1180. The molecule has 24 heavy (non-hydrogen) atoms. The summed E-state index contributed by atoms with van der Waals surface area (Å²) in [6.07, 6.45) is 0. The number of hydrogen-bond acceptors (Lipinski definition) is 0. The summed E-state index contributed by atoms with van der Waals surface area (Å²) in [5.41, 5.74) is 6.03. The number of fused-ring (bicyclic) bond motifs is 5. The molecule has 0 radical (unpaired) electrons. The van der Waals surface area contributed by atoms with Crippen molar-refractivity contribution in [2.24, 2.45) is 0 Å². The minimum atomic E-state index is 0.765. The van der Waals surface area contributed by atoms with Crippen molar-refractivity contribution in [3.63, 3.8) is 0 Å². The van der Waals surface area contributed by atoms with Gasteiger partial charge in [-0.25, -0.2) is 0 Å². The molecule has 0 bridgehead atoms. The van der Waals surface area contributed by atoms with E-state index in [0.717, 1.165) is 11.6 Å². The van der Waals surface area contributed by atoms with Crippen LogP contribution in [-0.4, -0.2) is 9.55 Å². The minimum absolute atomic E-state index is 0.765. The van der Waals surface area contributed by atoms with Gasteiger partial charge in [-0.15, -0.1) is 0 Å². The zero-order valence-corrected chi connectivity index (χ0v) is 13.7. The van der Waals surface area contributed by atoms with Gasteiger partial charge in [-0.1, -0.05) is 60.1 Å². The van der Waals surface area contributed by atoms with Crippen molar-refractivity contribution >= 4 is 44.4 Å². The molecule has 5 rings (SSSR count). The van der Waals surface area contributed by atoms with Gasteiger partial charge in [0.25, 0.3) is 0 Å². The highest BCUT2D eigenvalue weighted by molar-refractivity contribution is 6.31. The third-order valence-electron chi connectivity index (χ3n) is 4.65. The molecule has 3 aromatic carbocycles. The maximum absolute atomic E-state index is 6.28. The van der Waals surface area contributed by atoms with Crippen LogP contribution in [0.15, 0.2) is 72.8 Å². The number of nitrogens with one attached hydrogen (secondary N) is 1. The molecule has 0 atom stereocenters. The van der Waals surface area contributed by atoms with Crippen molar-refractivity contribution in [2.75, 3.05) is 0 Å². The fourth-order valence-electron chi connectivity index (χ4n) is 3.59. The molecule has 116 valence electrons. The normalized spacial score (nSPS) is 11.7. The average Bonchev–Trinajstić information content (AvgIpc) is 3.12. The largest absolute Gasteiger partial charge is 0.353 e. The Labute approximate surface area is 144 Å². The molecule has 0 saturated carbocycles. The highest BCUT2D eigenvalue weighted by Gasteiger charge is 2.16. The number of nitrogens with zero attached hydrogens (tertiary/aromatic N) is 1. The predicted octanol–water partition coefficient (Wildman–Crippen LogP) is 5.98. The van der Waals surface area contributed by atoms with E-state index < -0.39 is 0 Å². The molecule has 3 heteroatoms. The fraction of sp³-hybridized carbons (Fsp3) is 0.0476. The Balaban J connectivity index is 1.90. The quantitative estimate of drug-likeness (QED) is 0.411. The maximum Gasteiger partial charge on any atom is 0.0754 e. The third kappa shape index (κ3) is 1.97. The van der Waals surface area contributed by atoms with E-state index in [1.165, 1.54) is 38.4 Å². The molecular weight excluding hydrogens is 316 g/mol. The van der Waals surface area contributed by atoms with Crippen molar-refractivity contribution in [2.45, 2.75) is 6.54 Å². The Kier molecular flexibility index (Phi) is 2.94. The molecule has 5 aromatic rings. The topological polar surface area (TPSA) is 20.7 Å². The fourth-order valence-corrected chi connectivity index (χ4v) is 3.76. The highest BCUT2D eigenvalue weighted by atomic mass is 35.5. The average molecular weight is 331 g/mol. The molecule has 2 heterocycles. The van der Waals surface area contributed by atoms with Crippen LogP contribution in [0.5, 0.6) is 0 Å². The minimum Gasteiger partial charge on any atom is -0.353 e. The van der Waals surface area contributed by atoms with Crippen LogP contribution in [0.3, 0.4) is 0 Å². The van der Waals surface area contributed by atoms with Gasteiger partial charge in [-0.05, 0) is 29.8 Å². The van der Waals surface area contributed by atoms with Gasteiger partial charge in [0.05, 0.1) is 16.6 Å². The lowest BCUT2D eigenvalue weighted by Gasteiger charge is -2.08. The molecule has 0 unspecified atom stereocenters. The number of rotatable bonds is 2. The first-order chi connectivity index (χ1) is 11.8. The summed E-state index contributed by atoms with van der Waals surface area (Å²) in [6, 6.07) is 25.1. The Morgan fingerprint density at radius 1 is 0.833 bits per heavy atom. The van der Waals surface area contributed by atoms with E-state index in [0.29, 0.717) is 0 Å². The number of para-hydroxylation sites is 1. The van der Waals surface area contributed by atoms with E-state index in [-0.39, 0.29) is 0 Å². The van der Waals surface area contributed by atoms with Crippen LogP contribution in [0, 0.1) is 0 Å². The summed E-state index contributed by atoms with van der Waals surface area (Å²) in [5.74, 6) is 0. The van der Waals surface area contributed by atoms with E-state index in [1.807, 2.05) is 6.07 Å². The second kappa shape index (κ2) is 5.15. The van der Waals surface area contributed by atoms with Gasteiger partial charge in [0.15, 0.2) is 0 Å². The summed E-state index contributed by atoms with van der Waals surface area (Å²) in [5, 5.41) is 3.22. The van der Waals surface area contributed by atoms with Gasteiger partial charge in [0.2, 0.25) is 0 Å². The van der Waals surface area contributed by atoms with Gasteiger partial charge in [0.1, 0.15) is 0 Å². The van der Waals surface area contributed by atoms with Crippen LogP contribution in [0.25, 0.3) is 32.8 Å². The van der Waals surface area contributed by atoms with Crippen LogP contribution in [0.4, 0.5) is 0 Å². The molecule has 0 spiro atoms. The second-order valence-electron chi connectivity index (χ2n) is 6.13. The molecule has 2 aromatic heterocycles. The number of hydrogen-bond donors (Lipinski definition) is 1. The lowest BCUT2D eigenvalue weighted by molar-refractivity contribution is 0.872. The number of halogens is 1. The second-order valence-corrected chi connectivity index (χ2v) is 6.56. The number of aromatic amines is 1. The Morgan fingerprint density at radius 2 is 1.62 bits per heavy atom. The first-order valence-corrected chi connectivity index (χ1v) is 8.41. The van der Waals surface area contributed by atoms with E-state index in [9.17, 15) is 0 Å². The van der Waals surface area contributed by atoms with E-state index in [2.05, 4.69) is 76.3 Å². The lowest BCUT2D eigenvalue weighted by Crippen LogP contribution is -1.99. The third-order valence-corrected chi connectivity index (χ3v) is 4.89. The number of aromatic nitrogens is 2. The molecule has 2 nitrogen and oxygen atoms in total. The van der Waals surface area contributed by atoms with Crippen molar-refractivity contribution in [3.05, 3.63) is 83.4 Å². The smallest absolute Gasteiger partial charge is 0.0754 e. The molecule has 0 aliphatic carbocycles. The Morgan fingerprint density at radius 3 is 2.50 bits per heavy atom. The molecule has 0 amide bonds. The summed E-state index contributed by atoms with van der Waals surface area (Å²) in [4.78, 5) is 3.58. The number of H-pyrrole nitrogens is 1. The standard InChI is InChI=1S/C21H15ClN2/c22-15-10-11-17-19(12-15)24(13-14-6-2-1-3-7-14)21-16-8-4-5-9-18(16)23-20(17)21/h1-12,23H,13H2. The van der Waals surface area contributed by atoms with E-state index in [4.69, 9.17) is 11.6 Å². The molecule has 0 aliphatic heterocycles. The van der Waals surface area contributed by atoms with E-state index >= 15 is 0 Å². The van der Waals surface area contributed by atoms with Gasteiger partial charge >= 0.3 is 0 Å². The van der Waals surface area contributed by atoms with Crippen molar-refractivity contribution in [3.8, 4) is 0 Å². The molecule has 0 saturated heterocycles. The molecule has 0 fully saturated rings. The highest BCUT2D eigenvalue weighted by Crippen LogP contribution is 2.35. The molecule has 0 aliphatic rings. The van der Waals surface area contributed by atoms with Crippen LogP contribution in [-0.2, 0) is 6.54 Å². The SMILES string of the molecule is Clc1ccc2c3[nH]c4ccccc4c3n(Cc3ccccc3)c2c1. The Hall–Kier alpha value is -2.71. The zero-order valence-electron chi connectivity index (χ0n) is 13.0. The number of benzene rings is 3. The van der Waals surface area contributed by atoms with Gasteiger partial charge in [0, 0.05) is 27.9 Å². The van der Waals surface area contributed by atoms with Crippen LogP contribution >= 0.6 is 11.6 Å². The van der Waals surface area contributed by atoms with Gasteiger partial charge in [-0.2, -0.15) is 0 Å². The van der Waals surface area contributed by atoms with Crippen LogP contribution < -0.4 is 0 Å². The lowest BCUT2D eigenvalue weighted by atomic mass is 10.2. The molecule has 1 N–H and O–H groups in total.